The van der Waals surface area contributed by atoms with Crippen molar-refractivity contribution in [1.82, 2.24) is 0 Å². The van der Waals surface area contributed by atoms with Gasteiger partial charge in [0.05, 0.1) is 11.3 Å². The number of aromatic hydroxyl groups is 1. The number of nitrogen functional groups attached to an aromatic ring is 1. The molecular formula is C10H11NO2S. The van der Waals surface area contributed by atoms with Crippen LogP contribution in [-0.4, -0.2) is 11.7 Å². The minimum absolute atomic E-state index is 0.126. The monoisotopic (exact) mass is 209 g/mol. The van der Waals surface area contributed by atoms with Gasteiger partial charge in [0.1, 0.15) is 11.4 Å². The number of phenols is 1. The van der Waals surface area contributed by atoms with Crippen LogP contribution >= 0.6 is 11.3 Å². The number of anilines is 1. The molecule has 0 aliphatic rings. The Hall–Kier alpha value is -1.42. The van der Waals surface area contributed by atoms with Crippen molar-refractivity contribution in [1.29, 1.82) is 0 Å². The van der Waals surface area contributed by atoms with E-state index in [1.165, 1.54) is 11.3 Å². The summed E-state index contributed by atoms with van der Waals surface area (Å²) in [7, 11) is 0. The van der Waals surface area contributed by atoms with Gasteiger partial charge in [-0.3, -0.25) is 0 Å². The molecule has 1 aromatic heterocycles. The Morgan fingerprint density at radius 1 is 1.57 bits per heavy atom. The first-order chi connectivity index (χ1) is 6.74. The van der Waals surface area contributed by atoms with Gasteiger partial charge in [-0.15, -0.1) is 11.3 Å². The summed E-state index contributed by atoms with van der Waals surface area (Å²) in [6.45, 7) is 2.42. The number of rotatable bonds is 2. The van der Waals surface area contributed by atoms with Crippen molar-refractivity contribution in [3.63, 3.8) is 0 Å². The molecule has 14 heavy (non-hydrogen) atoms. The number of nitrogens with two attached hydrogens (primary N) is 1. The lowest BCUT2D eigenvalue weighted by molar-refractivity contribution is 0.341. The van der Waals surface area contributed by atoms with E-state index < -0.39 is 0 Å². The highest BCUT2D eigenvalue weighted by atomic mass is 32.1. The van der Waals surface area contributed by atoms with Crippen LogP contribution in [-0.2, 0) is 0 Å². The second kappa shape index (κ2) is 3.38. The van der Waals surface area contributed by atoms with Crippen molar-refractivity contribution in [3.05, 3.63) is 17.5 Å². The quantitative estimate of drug-likeness (QED) is 0.590. The second-order valence-electron chi connectivity index (χ2n) is 2.91. The lowest BCUT2D eigenvalue weighted by Gasteiger charge is -2.08. The summed E-state index contributed by atoms with van der Waals surface area (Å²) < 4.78 is 6.13. The molecule has 0 aliphatic carbocycles. The van der Waals surface area contributed by atoms with Gasteiger partial charge in [0.25, 0.3) is 0 Å². The summed E-state index contributed by atoms with van der Waals surface area (Å²) in [5, 5.41) is 12.6. The van der Waals surface area contributed by atoms with Crippen LogP contribution in [0.15, 0.2) is 17.5 Å². The largest absolute Gasteiger partial charge is 0.504 e. The van der Waals surface area contributed by atoms with E-state index in [9.17, 15) is 5.11 Å². The number of hydrogen-bond donors (Lipinski definition) is 2. The molecule has 0 aliphatic heterocycles. The summed E-state index contributed by atoms with van der Waals surface area (Å²) in [6.07, 6.45) is 0. The number of fused-ring (bicyclic) bond motifs is 1. The fourth-order valence-electron chi connectivity index (χ4n) is 1.36. The van der Waals surface area contributed by atoms with Crippen molar-refractivity contribution in [2.24, 2.45) is 0 Å². The minimum Gasteiger partial charge on any atom is -0.504 e. The van der Waals surface area contributed by atoms with Gasteiger partial charge in [-0.2, -0.15) is 0 Å². The Labute approximate surface area is 85.7 Å². The van der Waals surface area contributed by atoms with Crippen LogP contribution in [0.5, 0.6) is 11.5 Å². The molecular weight excluding hydrogens is 198 g/mol. The predicted molar refractivity (Wildman–Crippen MR) is 59.1 cm³/mol. The van der Waals surface area contributed by atoms with Crippen molar-refractivity contribution in [2.75, 3.05) is 12.3 Å². The van der Waals surface area contributed by atoms with Crippen molar-refractivity contribution >= 4 is 27.1 Å². The van der Waals surface area contributed by atoms with Gasteiger partial charge in [0.2, 0.25) is 0 Å². The van der Waals surface area contributed by atoms with E-state index in [0.717, 1.165) is 10.1 Å². The molecule has 1 aromatic carbocycles. The van der Waals surface area contributed by atoms with Crippen LogP contribution in [0.1, 0.15) is 6.92 Å². The van der Waals surface area contributed by atoms with Crippen molar-refractivity contribution in [2.45, 2.75) is 6.92 Å². The molecule has 74 valence electrons. The minimum atomic E-state index is 0.126. The van der Waals surface area contributed by atoms with Gasteiger partial charge in [-0.1, -0.05) is 0 Å². The number of phenolic OH excluding ortho intramolecular Hbond substituents is 1. The SMILES string of the molecule is CCOc1cc2ccsc2c(O)c1N. The van der Waals surface area contributed by atoms with E-state index in [2.05, 4.69) is 0 Å². The van der Waals surface area contributed by atoms with Gasteiger partial charge in [0, 0.05) is 5.39 Å². The van der Waals surface area contributed by atoms with E-state index in [0.29, 0.717) is 18.0 Å². The van der Waals surface area contributed by atoms with Crippen LogP contribution in [0, 0.1) is 0 Å². The van der Waals surface area contributed by atoms with E-state index in [1.807, 2.05) is 24.4 Å². The van der Waals surface area contributed by atoms with Crippen molar-refractivity contribution in [3.8, 4) is 11.5 Å². The molecule has 1 heterocycles. The molecule has 0 atom stereocenters. The first kappa shape index (κ1) is 9.15. The van der Waals surface area contributed by atoms with Gasteiger partial charge >= 0.3 is 0 Å². The smallest absolute Gasteiger partial charge is 0.160 e. The fraction of sp³-hybridized carbons (Fsp3) is 0.200. The Bertz CT molecular complexity index is 464. The standard InChI is InChI=1S/C10H11NO2S/c1-2-13-7-5-6-3-4-14-10(6)9(12)8(7)11/h3-5,12H,2,11H2,1H3. The molecule has 0 fully saturated rings. The first-order valence-electron chi connectivity index (χ1n) is 4.35. The van der Waals surface area contributed by atoms with E-state index in [1.54, 1.807) is 0 Å². The molecule has 2 rings (SSSR count). The van der Waals surface area contributed by atoms with Crippen LogP contribution in [0.25, 0.3) is 10.1 Å². The average molecular weight is 209 g/mol. The Morgan fingerprint density at radius 3 is 3.07 bits per heavy atom. The molecule has 0 unspecified atom stereocenters. The highest BCUT2D eigenvalue weighted by Gasteiger charge is 2.11. The third-order valence-corrected chi connectivity index (χ3v) is 2.95. The topological polar surface area (TPSA) is 55.5 Å². The molecule has 2 aromatic rings. The zero-order valence-electron chi connectivity index (χ0n) is 7.78. The zero-order chi connectivity index (χ0) is 10.1. The molecule has 3 N–H and O–H groups in total. The van der Waals surface area contributed by atoms with Crippen LogP contribution in [0.3, 0.4) is 0 Å². The van der Waals surface area contributed by atoms with E-state index in [-0.39, 0.29) is 5.75 Å². The number of thiophene rings is 1. The molecule has 4 heteroatoms. The lowest BCUT2D eigenvalue weighted by atomic mass is 10.2. The van der Waals surface area contributed by atoms with E-state index >= 15 is 0 Å². The molecule has 0 spiro atoms. The highest BCUT2D eigenvalue weighted by Crippen LogP contribution is 2.40. The van der Waals surface area contributed by atoms with Gasteiger partial charge in [-0.25, -0.2) is 0 Å². The van der Waals surface area contributed by atoms with Crippen LogP contribution in [0.4, 0.5) is 5.69 Å². The maximum Gasteiger partial charge on any atom is 0.160 e. The third-order valence-electron chi connectivity index (χ3n) is 2.02. The number of ether oxygens (including phenoxy) is 1. The third kappa shape index (κ3) is 1.28. The summed E-state index contributed by atoms with van der Waals surface area (Å²) >= 11 is 1.47. The Morgan fingerprint density at radius 2 is 2.36 bits per heavy atom. The molecule has 0 radical (unpaired) electrons. The second-order valence-corrected chi connectivity index (χ2v) is 3.83. The Kier molecular flexibility index (Phi) is 2.21. The lowest BCUT2D eigenvalue weighted by Crippen LogP contribution is -1.96. The van der Waals surface area contributed by atoms with E-state index in [4.69, 9.17) is 10.5 Å². The fourth-order valence-corrected chi connectivity index (χ4v) is 2.19. The maximum absolute atomic E-state index is 9.76. The van der Waals surface area contributed by atoms with Gasteiger partial charge in [-0.05, 0) is 24.4 Å². The van der Waals surface area contributed by atoms with Crippen molar-refractivity contribution < 1.29 is 9.84 Å². The summed E-state index contributed by atoms with van der Waals surface area (Å²) in [4.78, 5) is 0. The van der Waals surface area contributed by atoms with Gasteiger partial charge in [0.15, 0.2) is 5.75 Å². The summed E-state index contributed by atoms with van der Waals surface area (Å²) in [5.74, 6) is 0.678. The molecule has 0 saturated carbocycles. The van der Waals surface area contributed by atoms with Gasteiger partial charge < -0.3 is 15.6 Å². The Balaban J connectivity index is 2.67. The first-order valence-corrected chi connectivity index (χ1v) is 5.23. The normalized spacial score (nSPS) is 10.6. The highest BCUT2D eigenvalue weighted by molar-refractivity contribution is 7.17. The summed E-state index contributed by atoms with van der Waals surface area (Å²) in [6, 6.07) is 3.78. The summed E-state index contributed by atoms with van der Waals surface area (Å²) in [5.41, 5.74) is 6.05. The molecule has 0 amide bonds. The number of hydrogen-bond acceptors (Lipinski definition) is 4. The molecule has 3 nitrogen and oxygen atoms in total. The zero-order valence-corrected chi connectivity index (χ0v) is 8.60. The predicted octanol–water partition coefficient (Wildman–Crippen LogP) is 2.59. The van der Waals surface area contributed by atoms with Crippen LogP contribution in [0.2, 0.25) is 0 Å². The average Bonchev–Trinajstić information content (AvgIpc) is 2.62. The molecule has 0 saturated heterocycles. The van der Waals surface area contributed by atoms with Crippen LogP contribution < -0.4 is 10.5 Å². The number of benzene rings is 1. The maximum atomic E-state index is 9.76. The molecule has 0 bridgehead atoms.